The highest BCUT2D eigenvalue weighted by atomic mass is 16.5. The van der Waals surface area contributed by atoms with Crippen LogP contribution >= 0.6 is 0 Å². The van der Waals surface area contributed by atoms with Crippen LogP contribution < -0.4 is 19.3 Å². The average molecular weight is 446 g/mol. The molecule has 170 valence electrons. The predicted molar refractivity (Wildman–Crippen MR) is 126 cm³/mol. The van der Waals surface area contributed by atoms with Gasteiger partial charge in [0.2, 0.25) is 5.95 Å². The second-order valence-corrected chi connectivity index (χ2v) is 8.34. The van der Waals surface area contributed by atoms with Crippen LogP contribution in [-0.2, 0) is 6.42 Å². The molecule has 2 aromatic heterocycles. The largest absolute Gasteiger partial charge is 0.493 e. The van der Waals surface area contributed by atoms with Crippen molar-refractivity contribution in [3.63, 3.8) is 0 Å². The molecule has 1 atom stereocenters. The highest BCUT2D eigenvalue weighted by Crippen LogP contribution is 2.36. The van der Waals surface area contributed by atoms with Crippen LogP contribution in [0.4, 0.5) is 11.8 Å². The van der Waals surface area contributed by atoms with Crippen LogP contribution in [0.3, 0.4) is 0 Å². The van der Waals surface area contributed by atoms with Gasteiger partial charge in [0.1, 0.15) is 5.82 Å². The zero-order valence-electron chi connectivity index (χ0n) is 18.9. The van der Waals surface area contributed by atoms with Gasteiger partial charge in [-0.25, -0.2) is 15.0 Å². The van der Waals surface area contributed by atoms with Crippen molar-refractivity contribution in [1.29, 1.82) is 0 Å². The van der Waals surface area contributed by atoms with Gasteiger partial charge in [-0.1, -0.05) is 12.1 Å². The van der Waals surface area contributed by atoms with Gasteiger partial charge in [0, 0.05) is 45.0 Å². The van der Waals surface area contributed by atoms with E-state index in [1.54, 1.807) is 20.4 Å². The van der Waals surface area contributed by atoms with Crippen molar-refractivity contribution in [3.8, 4) is 11.5 Å². The first-order chi connectivity index (χ1) is 16.2. The highest BCUT2D eigenvalue weighted by molar-refractivity contribution is 5.98. The summed E-state index contributed by atoms with van der Waals surface area (Å²) in [6.45, 7) is 3.32. The first kappa shape index (κ1) is 21.2. The molecule has 0 radical (unpaired) electrons. The summed E-state index contributed by atoms with van der Waals surface area (Å²) in [6.07, 6.45) is 4.66. The van der Waals surface area contributed by atoms with E-state index < -0.39 is 0 Å². The quantitative estimate of drug-likeness (QED) is 0.593. The van der Waals surface area contributed by atoms with Crippen LogP contribution in [0.1, 0.15) is 34.0 Å². The number of piperazine rings is 1. The molecule has 1 fully saturated rings. The molecule has 0 amide bonds. The van der Waals surface area contributed by atoms with Crippen molar-refractivity contribution in [2.45, 2.75) is 18.8 Å². The number of Topliss-reactive ketones (excluding diaryl/α,β-unsaturated/α-hetero) is 1. The maximum Gasteiger partial charge on any atom is 0.225 e. The number of fused-ring (bicyclic) bond motifs is 1. The van der Waals surface area contributed by atoms with Crippen LogP contribution in [0, 0.1) is 0 Å². The molecule has 2 aliphatic rings. The zero-order valence-corrected chi connectivity index (χ0v) is 18.9. The van der Waals surface area contributed by atoms with Crippen molar-refractivity contribution < 1.29 is 14.3 Å². The van der Waals surface area contributed by atoms with Gasteiger partial charge in [-0.05, 0) is 42.2 Å². The average Bonchev–Trinajstić information content (AvgIpc) is 2.88. The first-order valence-corrected chi connectivity index (χ1v) is 11.2. The minimum atomic E-state index is 0.0496. The molecule has 1 aliphatic carbocycles. The van der Waals surface area contributed by atoms with Crippen LogP contribution in [0.5, 0.6) is 11.5 Å². The van der Waals surface area contributed by atoms with Crippen molar-refractivity contribution in [1.82, 2.24) is 15.0 Å². The molecule has 0 unspecified atom stereocenters. The van der Waals surface area contributed by atoms with Crippen molar-refractivity contribution in [2.75, 3.05) is 50.2 Å². The number of nitrogens with zero attached hydrogens (tertiary/aromatic N) is 5. The lowest BCUT2D eigenvalue weighted by molar-refractivity contribution is 0.0962. The fraction of sp³-hybridized carbons (Fsp3) is 0.360. The van der Waals surface area contributed by atoms with Crippen LogP contribution in [0.25, 0.3) is 0 Å². The fourth-order valence-electron chi connectivity index (χ4n) is 4.61. The Labute approximate surface area is 193 Å². The summed E-state index contributed by atoms with van der Waals surface area (Å²) in [7, 11) is 3.24. The minimum absolute atomic E-state index is 0.0496. The molecule has 3 heterocycles. The monoisotopic (exact) mass is 445 g/mol. The van der Waals surface area contributed by atoms with Crippen molar-refractivity contribution in [2.24, 2.45) is 0 Å². The first-order valence-electron chi connectivity index (χ1n) is 11.2. The third-order valence-corrected chi connectivity index (χ3v) is 6.44. The molecule has 0 spiro atoms. The summed E-state index contributed by atoms with van der Waals surface area (Å²) in [4.78, 5) is 31.1. The molecule has 5 rings (SSSR count). The Morgan fingerprint density at radius 3 is 2.42 bits per heavy atom. The van der Waals surface area contributed by atoms with Crippen molar-refractivity contribution >= 4 is 17.5 Å². The second kappa shape index (κ2) is 9.05. The number of carbonyl (C=O) groups is 1. The van der Waals surface area contributed by atoms with Gasteiger partial charge in [-0.15, -0.1) is 0 Å². The topological polar surface area (TPSA) is 80.7 Å². The maximum absolute atomic E-state index is 12.9. The Bertz CT molecular complexity index is 1150. The molecule has 1 saturated heterocycles. The van der Waals surface area contributed by atoms with E-state index in [0.29, 0.717) is 35.9 Å². The number of rotatable bonds is 5. The SMILES string of the molecule is COc1ccc([C@H]2CC(=O)c3cnc(N4CCN(c5ccccn5)CC4)nc3C2)cc1OC. The summed E-state index contributed by atoms with van der Waals surface area (Å²) in [6, 6.07) is 11.8. The van der Waals surface area contributed by atoms with Gasteiger partial charge in [0.25, 0.3) is 0 Å². The van der Waals surface area contributed by atoms with Crippen LogP contribution in [0.2, 0.25) is 0 Å². The van der Waals surface area contributed by atoms with E-state index in [1.165, 1.54) is 0 Å². The maximum atomic E-state index is 12.9. The summed E-state index contributed by atoms with van der Waals surface area (Å²) < 4.78 is 10.8. The predicted octanol–water partition coefficient (Wildman–Crippen LogP) is 3.13. The molecule has 1 aliphatic heterocycles. The molecule has 0 N–H and O–H groups in total. The lowest BCUT2D eigenvalue weighted by Crippen LogP contribution is -2.47. The Balaban J connectivity index is 1.33. The number of aromatic nitrogens is 3. The van der Waals surface area contributed by atoms with Gasteiger partial charge in [-0.2, -0.15) is 0 Å². The number of hydrogen-bond acceptors (Lipinski definition) is 8. The van der Waals surface area contributed by atoms with Gasteiger partial charge in [0.05, 0.1) is 25.5 Å². The normalized spacial score (nSPS) is 18.1. The van der Waals surface area contributed by atoms with Gasteiger partial charge >= 0.3 is 0 Å². The van der Waals surface area contributed by atoms with Gasteiger partial charge in [-0.3, -0.25) is 4.79 Å². The minimum Gasteiger partial charge on any atom is -0.493 e. The number of carbonyl (C=O) groups excluding carboxylic acids is 1. The van der Waals surface area contributed by atoms with E-state index in [9.17, 15) is 4.79 Å². The lowest BCUT2D eigenvalue weighted by atomic mass is 9.82. The molecule has 3 aromatic rings. The molecule has 33 heavy (non-hydrogen) atoms. The van der Waals surface area contributed by atoms with Crippen molar-refractivity contribution in [3.05, 3.63) is 65.6 Å². The van der Waals surface area contributed by atoms with E-state index in [4.69, 9.17) is 14.5 Å². The van der Waals surface area contributed by atoms with E-state index >= 15 is 0 Å². The number of hydrogen-bond donors (Lipinski definition) is 0. The fourth-order valence-corrected chi connectivity index (χ4v) is 4.61. The second-order valence-electron chi connectivity index (χ2n) is 8.34. The number of benzene rings is 1. The molecule has 0 saturated carbocycles. The van der Waals surface area contributed by atoms with E-state index in [1.807, 2.05) is 42.6 Å². The summed E-state index contributed by atoms with van der Waals surface area (Å²) >= 11 is 0. The molecular weight excluding hydrogens is 418 g/mol. The standard InChI is InChI=1S/C25H27N5O3/c1-32-22-7-6-17(15-23(22)33-2)18-13-20-19(21(31)14-18)16-27-25(28-20)30-11-9-29(10-12-30)24-5-3-4-8-26-24/h3-8,15-16,18H,9-14H2,1-2H3/t18-/m1/s1. The summed E-state index contributed by atoms with van der Waals surface area (Å²) in [5.41, 5.74) is 2.52. The molecule has 8 nitrogen and oxygen atoms in total. The van der Waals surface area contributed by atoms with E-state index in [0.717, 1.165) is 43.3 Å². The molecule has 1 aromatic carbocycles. The Hall–Kier alpha value is -3.68. The van der Waals surface area contributed by atoms with E-state index in [2.05, 4.69) is 19.8 Å². The highest BCUT2D eigenvalue weighted by Gasteiger charge is 2.30. The summed E-state index contributed by atoms with van der Waals surface area (Å²) in [5.74, 6) is 3.17. The number of methoxy groups -OCH3 is 2. The number of anilines is 2. The lowest BCUT2D eigenvalue weighted by Gasteiger charge is -2.35. The van der Waals surface area contributed by atoms with Gasteiger partial charge in [0.15, 0.2) is 17.3 Å². The van der Waals surface area contributed by atoms with E-state index in [-0.39, 0.29) is 11.7 Å². The molecular formula is C25H27N5O3. The Kier molecular flexibility index (Phi) is 5.81. The summed E-state index contributed by atoms with van der Waals surface area (Å²) in [5, 5.41) is 0. The molecule has 8 heteroatoms. The van der Waals surface area contributed by atoms with Crippen LogP contribution in [0.15, 0.2) is 48.8 Å². The molecule has 0 bridgehead atoms. The number of pyridine rings is 1. The van der Waals surface area contributed by atoms with Gasteiger partial charge < -0.3 is 19.3 Å². The van der Waals surface area contributed by atoms with Crippen LogP contribution in [-0.4, -0.2) is 61.1 Å². The zero-order chi connectivity index (χ0) is 22.8. The third kappa shape index (κ3) is 4.20. The smallest absolute Gasteiger partial charge is 0.225 e. The Morgan fingerprint density at radius 1 is 0.909 bits per heavy atom. The third-order valence-electron chi connectivity index (χ3n) is 6.44. The number of ether oxygens (including phenoxy) is 2. The number of ketones is 1. The Morgan fingerprint density at radius 2 is 1.70 bits per heavy atom.